The van der Waals surface area contributed by atoms with Gasteiger partial charge < -0.3 is 16.4 Å². The van der Waals surface area contributed by atoms with Gasteiger partial charge in [0.1, 0.15) is 0 Å². The van der Waals surface area contributed by atoms with E-state index in [4.69, 9.17) is 17.3 Å². The predicted octanol–water partition coefficient (Wildman–Crippen LogP) is 1.65. The van der Waals surface area contributed by atoms with Gasteiger partial charge in [0, 0.05) is 11.6 Å². The Morgan fingerprint density at radius 1 is 1.13 bits per heavy atom. The van der Waals surface area contributed by atoms with Crippen LogP contribution in [0.5, 0.6) is 0 Å². The van der Waals surface area contributed by atoms with Crippen molar-refractivity contribution in [3.63, 3.8) is 0 Å². The summed E-state index contributed by atoms with van der Waals surface area (Å²) in [6.07, 6.45) is 3.58. The number of piperidine rings is 1. The summed E-state index contributed by atoms with van der Waals surface area (Å²) in [6, 6.07) is 7.41. The first-order chi connectivity index (χ1) is 11.1. The maximum Gasteiger partial charge on any atom is 0.315 e. The van der Waals surface area contributed by atoms with E-state index < -0.39 is 5.91 Å². The summed E-state index contributed by atoms with van der Waals surface area (Å²) in [6.45, 7) is 2.32. The van der Waals surface area contributed by atoms with E-state index in [9.17, 15) is 9.59 Å². The third-order valence-electron chi connectivity index (χ3n) is 3.97. The summed E-state index contributed by atoms with van der Waals surface area (Å²) in [7, 11) is 0. The maximum atomic E-state index is 11.8. The molecule has 1 aromatic carbocycles. The summed E-state index contributed by atoms with van der Waals surface area (Å²) in [5, 5.41) is 5.95. The molecule has 0 spiro atoms. The van der Waals surface area contributed by atoms with E-state index in [1.54, 1.807) is 0 Å². The molecule has 1 saturated heterocycles. The van der Waals surface area contributed by atoms with E-state index in [-0.39, 0.29) is 18.6 Å². The highest BCUT2D eigenvalue weighted by Gasteiger charge is 2.22. The molecule has 0 saturated carbocycles. The zero-order valence-electron chi connectivity index (χ0n) is 13.1. The van der Waals surface area contributed by atoms with Crippen molar-refractivity contribution in [2.75, 3.05) is 26.2 Å². The number of nitrogens with two attached hydrogens (primary N) is 1. The fourth-order valence-corrected chi connectivity index (χ4v) is 2.92. The molecular formula is C16H23ClN4O2. The van der Waals surface area contributed by atoms with Crippen molar-refractivity contribution in [1.82, 2.24) is 15.5 Å². The predicted molar refractivity (Wildman–Crippen MR) is 90.2 cm³/mol. The molecule has 23 heavy (non-hydrogen) atoms. The van der Waals surface area contributed by atoms with Gasteiger partial charge >= 0.3 is 6.03 Å². The number of likely N-dealkylation sites (tertiary alicyclic amines) is 1. The third kappa shape index (κ3) is 5.73. The van der Waals surface area contributed by atoms with Gasteiger partial charge in [0.05, 0.1) is 12.6 Å². The van der Waals surface area contributed by atoms with Crippen LogP contribution in [0.1, 0.15) is 30.9 Å². The van der Waals surface area contributed by atoms with Crippen molar-refractivity contribution in [2.24, 2.45) is 5.73 Å². The summed E-state index contributed by atoms with van der Waals surface area (Å²) < 4.78 is 0. The van der Waals surface area contributed by atoms with Crippen LogP contribution in [-0.2, 0) is 4.79 Å². The third-order valence-corrected chi connectivity index (χ3v) is 4.22. The number of carbonyl (C=O) groups excluding carboxylic acids is 2. The van der Waals surface area contributed by atoms with Gasteiger partial charge in [-0.05, 0) is 43.6 Å². The van der Waals surface area contributed by atoms with Crippen LogP contribution in [0.25, 0.3) is 0 Å². The molecule has 2 rings (SSSR count). The van der Waals surface area contributed by atoms with Crippen LogP contribution in [0.2, 0.25) is 5.02 Å². The Bertz CT molecular complexity index is 529. The fraction of sp³-hybridized carbons (Fsp3) is 0.500. The van der Waals surface area contributed by atoms with Gasteiger partial charge in [-0.1, -0.05) is 30.2 Å². The summed E-state index contributed by atoms with van der Waals surface area (Å²) >= 11 is 5.96. The van der Waals surface area contributed by atoms with Crippen LogP contribution in [0.3, 0.4) is 0 Å². The molecule has 0 aliphatic carbocycles. The number of nitrogens with one attached hydrogen (secondary N) is 2. The highest BCUT2D eigenvalue weighted by molar-refractivity contribution is 6.30. The van der Waals surface area contributed by atoms with Crippen LogP contribution >= 0.6 is 11.6 Å². The van der Waals surface area contributed by atoms with Crippen LogP contribution in [0.15, 0.2) is 24.3 Å². The maximum absolute atomic E-state index is 11.8. The van der Waals surface area contributed by atoms with E-state index in [1.165, 1.54) is 6.42 Å². The van der Waals surface area contributed by atoms with Crippen LogP contribution in [0.4, 0.5) is 4.79 Å². The number of nitrogens with zero attached hydrogens (tertiary/aromatic N) is 1. The zero-order valence-corrected chi connectivity index (χ0v) is 13.8. The fourth-order valence-electron chi connectivity index (χ4n) is 2.79. The van der Waals surface area contributed by atoms with Gasteiger partial charge in [-0.15, -0.1) is 0 Å². The Kier molecular flexibility index (Phi) is 6.67. The minimum Gasteiger partial charge on any atom is -0.368 e. The number of hydrogen-bond donors (Lipinski definition) is 3. The molecule has 1 aliphatic rings. The average Bonchev–Trinajstić information content (AvgIpc) is 2.55. The average molecular weight is 339 g/mol. The zero-order chi connectivity index (χ0) is 16.7. The molecule has 1 fully saturated rings. The van der Waals surface area contributed by atoms with Crippen molar-refractivity contribution in [1.29, 1.82) is 0 Å². The SMILES string of the molecule is NC(=O)CNC(=O)NC[C@@H](c1ccc(Cl)cc1)N1CCCCC1. The standard InChI is InChI=1S/C16H23ClN4O2/c17-13-6-4-12(5-7-13)14(21-8-2-1-3-9-21)10-19-16(23)20-11-15(18)22/h4-7,14H,1-3,8-11H2,(H2,18,22)(H2,19,20,23)/t14-/m0/s1. The van der Waals surface area contributed by atoms with E-state index in [0.29, 0.717) is 11.6 Å². The van der Waals surface area contributed by atoms with Crippen molar-refractivity contribution in [2.45, 2.75) is 25.3 Å². The number of benzene rings is 1. The highest BCUT2D eigenvalue weighted by atomic mass is 35.5. The first-order valence-corrected chi connectivity index (χ1v) is 8.23. The Morgan fingerprint density at radius 3 is 2.39 bits per heavy atom. The molecule has 1 heterocycles. The van der Waals surface area contributed by atoms with Gasteiger partial charge in [0.15, 0.2) is 0 Å². The molecule has 0 bridgehead atoms. The van der Waals surface area contributed by atoms with Crippen molar-refractivity contribution < 1.29 is 9.59 Å². The number of primary amides is 1. The molecule has 6 nitrogen and oxygen atoms in total. The Morgan fingerprint density at radius 2 is 1.78 bits per heavy atom. The molecule has 3 amide bonds. The lowest BCUT2D eigenvalue weighted by Gasteiger charge is -2.35. The number of amides is 3. The van der Waals surface area contributed by atoms with Gasteiger partial charge in [-0.3, -0.25) is 9.69 Å². The van der Waals surface area contributed by atoms with E-state index in [0.717, 1.165) is 31.5 Å². The molecule has 126 valence electrons. The monoisotopic (exact) mass is 338 g/mol. The lowest BCUT2D eigenvalue weighted by molar-refractivity contribution is -0.117. The molecule has 1 aromatic rings. The number of rotatable bonds is 6. The lowest BCUT2D eigenvalue weighted by Crippen LogP contribution is -2.45. The van der Waals surface area contributed by atoms with Gasteiger partial charge in [0.25, 0.3) is 0 Å². The molecule has 0 unspecified atom stereocenters. The first-order valence-electron chi connectivity index (χ1n) is 7.86. The summed E-state index contributed by atoms with van der Waals surface area (Å²) in [5.41, 5.74) is 6.13. The van der Waals surface area contributed by atoms with Crippen molar-refractivity contribution in [3.8, 4) is 0 Å². The quantitative estimate of drug-likeness (QED) is 0.737. The number of halogens is 1. The molecule has 0 radical (unpaired) electrons. The number of urea groups is 1. The summed E-state index contributed by atoms with van der Waals surface area (Å²) in [4.78, 5) is 24.8. The van der Waals surface area contributed by atoms with Crippen LogP contribution in [-0.4, -0.2) is 43.0 Å². The largest absolute Gasteiger partial charge is 0.368 e. The van der Waals surface area contributed by atoms with Crippen LogP contribution < -0.4 is 16.4 Å². The molecule has 4 N–H and O–H groups in total. The highest BCUT2D eigenvalue weighted by Crippen LogP contribution is 2.25. The number of carbonyl (C=O) groups is 2. The first kappa shape index (κ1) is 17.6. The molecular weight excluding hydrogens is 316 g/mol. The minimum absolute atomic E-state index is 0.0897. The second kappa shape index (κ2) is 8.74. The normalized spacial score (nSPS) is 16.6. The van der Waals surface area contributed by atoms with Gasteiger partial charge in [0.2, 0.25) is 5.91 Å². The molecule has 0 aromatic heterocycles. The minimum atomic E-state index is -0.564. The van der Waals surface area contributed by atoms with Crippen molar-refractivity contribution in [3.05, 3.63) is 34.9 Å². The second-order valence-corrected chi connectivity index (χ2v) is 6.13. The topological polar surface area (TPSA) is 87.5 Å². The Hall–Kier alpha value is -1.79. The number of hydrogen-bond acceptors (Lipinski definition) is 3. The molecule has 1 aliphatic heterocycles. The smallest absolute Gasteiger partial charge is 0.315 e. The van der Waals surface area contributed by atoms with E-state index in [1.807, 2.05) is 24.3 Å². The lowest BCUT2D eigenvalue weighted by atomic mass is 10.0. The Balaban J connectivity index is 1.99. The van der Waals surface area contributed by atoms with E-state index >= 15 is 0 Å². The van der Waals surface area contributed by atoms with Crippen LogP contribution in [0, 0.1) is 0 Å². The van der Waals surface area contributed by atoms with Gasteiger partial charge in [-0.2, -0.15) is 0 Å². The summed E-state index contributed by atoms with van der Waals surface area (Å²) in [5.74, 6) is -0.564. The van der Waals surface area contributed by atoms with Gasteiger partial charge in [-0.25, -0.2) is 4.79 Å². The second-order valence-electron chi connectivity index (χ2n) is 5.69. The Labute approximate surface area is 141 Å². The molecule has 7 heteroatoms. The van der Waals surface area contributed by atoms with Crippen molar-refractivity contribution >= 4 is 23.5 Å². The molecule has 1 atom stereocenters. The van der Waals surface area contributed by atoms with E-state index in [2.05, 4.69) is 15.5 Å².